The number of rotatable bonds is 5. The number of ether oxygens (including phenoxy) is 1. The average Bonchev–Trinajstić information content (AvgIpc) is 2.39. The minimum atomic E-state index is -0.121. The molecule has 0 saturated heterocycles. The van der Waals surface area contributed by atoms with Crippen molar-refractivity contribution in [1.29, 1.82) is 0 Å². The summed E-state index contributed by atoms with van der Waals surface area (Å²) in [5.74, 6) is 0.958. The van der Waals surface area contributed by atoms with Crippen LogP contribution in [0.3, 0.4) is 0 Å². The molecule has 1 saturated carbocycles. The molecule has 106 valence electrons. The number of hydrogen-bond donors (Lipinski definition) is 2. The van der Waals surface area contributed by atoms with Crippen LogP contribution in [0.1, 0.15) is 38.2 Å². The zero-order chi connectivity index (χ0) is 13.7. The van der Waals surface area contributed by atoms with Crippen molar-refractivity contribution in [3.05, 3.63) is 29.8 Å². The fourth-order valence-corrected chi connectivity index (χ4v) is 2.98. The van der Waals surface area contributed by atoms with Gasteiger partial charge in [0.15, 0.2) is 0 Å². The molecule has 1 fully saturated rings. The van der Waals surface area contributed by atoms with E-state index < -0.39 is 0 Å². The third kappa shape index (κ3) is 4.22. The molecule has 1 aromatic carbocycles. The van der Waals surface area contributed by atoms with E-state index in [-0.39, 0.29) is 6.10 Å². The fourth-order valence-electron chi connectivity index (χ4n) is 2.98. The van der Waals surface area contributed by atoms with Gasteiger partial charge in [0.1, 0.15) is 5.75 Å². The highest BCUT2D eigenvalue weighted by Crippen LogP contribution is 2.21. The van der Waals surface area contributed by atoms with Crippen molar-refractivity contribution in [3.63, 3.8) is 0 Å². The van der Waals surface area contributed by atoms with Gasteiger partial charge in [-0.05, 0) is 50.7 Å². The molecule has 3 unspecified atom stereocenters. The van der Waals surface area contributed by atoms with E-state index in [1.165, 1.54) is 12.0 Å². The highest BCUT2D eigenvalue weighted by molar-refractivity contribution is 5.33. The van der Waals surface area contributed by atoms with Crippen molar-refractivity contribution in [2.24, 2.45) is 0 Å². The Morgan fingerprint density at radius 3 is 2.89 bits per heavy atom. The van der Waals surface area contributed by atoms with Crippen molar-refractivity contribution in [2.45, 2.75) is 57.2 Å². The zero-order valence-corrected chi connectivity index (χ0v) is 11.9. The van der Waals surface area contributed by atoms with Crippen LogP contribution in [0.4, 0.5) is 0 Å². The lowest BCUT2D eigenvalue weighted by molar-refractivity contribution is 0.109. The second-order valence-electron chi connectivity index (χ2n) is 5.60. The molecular weight excluding hydrogens is 238 g/mol. The first kappa shape index (κ1) is 14.4. The maximum Gasteiger partial charge on any atom is 0.122 e. The fraction of sp³-hybridized carbons (Fsp3) is 0.625. The van der Waals surface area contributed by atoms with Gasteiger partial charge in [0, 0.05) is 12.1 Å². The summed E-state index contributed by atoms with van der Waals surface area (Å²) in [4.78, 5) is 0. The minimum absolute atomic E-state index is 0.121. The molecule has 0 amide bonds. The number of methoxy groups -OCH3 is 1. The molecule has 0 bridgehead atoms. The summed E-state index contributed by atoms with van der Waals surface area (Å²) in [6.45, 7) is 2.20. The number of benzene rings is 1. The van der Waals surface area contributed by atoms with E-state index in [0.29, 0.717) is 12.1 Å². The van der Waals surface area contributed by atoms with E-state index >= 15 is 0 Å². The summed E-state index contributed by atoms with van der Waals surface area (Å²) in [5, 5.41) is 13.3. The van der Waals surface area contributed by atoms with Crippen molar-refractivity contribution in [3.8, 4) is 5.75 Å². The molecule has 19 heavy (non-hydrogen) atoms. The maximum atomic E-state index is 9.70. The molecule has 0 spiro atoms. The molecule has 2 rings (SSSR count). The molecule has 1 aliphatic carbocycles. The molecule has 1 aliphatic rings. The van der Waals surface area contributed by atoms with Gasteiger partial charge in [-0.3, -0.25) is 0 Å². The van der Waals surface area contributed by atoms with Gasteiger partial charge in [0.2, 0.25) is 0 Å². The summed E-state index contributed by atoms with van der Waals surface area (Å²) < 4.78 is 5.39. The van der Waals surface area contributed by atoms with Crippen molar-refractivity contribution in [1.82, 2.24) is 5.32 Å². The van der Waals surface area contributed by atoms with E-state index in [1.54, 1.807) is 7.11 Å². The Hall–Kier alpha value is -1.06. The van der Waals surface area contributed by atoms with Gasteiger partial charge in [-0.1, -0.05) is 18.2 Å². The molecule has 2 N–H and O–H groups in total. The SMILES string of the molecule is COc1ccccc1CC(C)NC1CCCC(O)C1. The zero-order valence-electron chi connectivity index (χ0n) is 11.9. The summed E-state index contributed by atoms with van der Waals surface area (Å²) >= 11 is 0. The van der Waals surface area contributed by atoms with Crippen LogP contribution in [0.5, 0.6) is 5.75 Å². The van der Waals surface area contributed by atoms with Crippen LogP contribution in [-0.4, -0.2) is 30.4 Å². The smallest absolute Gasteiger partial charge is 0.122 e. The number of aliphatic hydroxyl groups excluding tert-OH is 1. The number of nitrogens with one attached hydrogen (secondary N) is 1. The van der Waals surface area contributed by atoms with Crippen LogP contribution >= 0.6 is 0 Å². The molecular formula is C16H25NO2. The maximum absolute atomic E-state index is 9.70. The highest BCUT2D eigenvalue weighted by Gasteiger charge is 2.21. The summed E-state index contributed by atoms with van der Waals surface area (Å²) in [7, 11) is 1.72. The first-order chi connectivity index (χ1) is 9.19. The lowest BCUT2D eigenvalue weighted by Crippen LogP contribution is -2.41. The van der Waals surface area contributed by atoms with Gasteiger partial charge < -0.3 is 15.2 Å². The van der Waals surface area contributed by atoms with E-state index in [2.05, 4.69) is 24.4 Å². The third-order valence-electron chi connectivity index (χ3n) is 3.89. The predicted octanol–water partition coefficient (Wildman–Crippen LogP) is 2.52. The van der Waals surface area contributed by atoms with Crippen molar-refractivity contribution < 1.29 is 9.84 Å². The second-order valence-corrected chi connectivity index (χ2v) is 5.60. The van der Waals surface area contributed by atoms with Gasteiger partial charge in [-0.2, -0.15) is 0 Å². The van der Waals surface area contributed by atoms with Gasteiger partial charge in [0.25, 0.3) is 0 Å². The van der Waals surface area contributed by atoms with Crippen LogP contribution in [0.2, 0.25) is 0 Å². The minimum Gasteiger partial charge on any atom is -0.496 e. The quantitative estimate of drug-likeness (QED) is 0.857. The normalized spacial score (nSPS) is 25.0. The van der Waals surface area contributed by atoms with Crippen molar-refractivity contribution >= 4 is 0 Å². The first-order valence-corrected chi connectivity index (χ1v) is 7.25. The van der Waals surface area contributed by atoms with Gasteiger partial charge >= 0.3 is 0 Å². The molecule has 3 heteroatoms. The van der Waals surface area contributed by atoms with E-state index in [1.807, 2.05) is 12.1 Å². The molecule has 0 heterocycles. The molecule has 0 aromatic heterocycles. The summed E-state index contributed by atoms with van der Waals surface area (Å²) in [6, 6.07) is 9.02. The van der Waals surface area contributed by atoms with E-state index in [9.17, 15) is 5.11 Å². The van der Waals surface area contributed by atoms with Crippen LogP contribution in [-0.2, 0) is 6.42 Å². The lowest BCUT2D eigenvalue weighted by atomic mass is 9.92. The molecule has 3 nitrogen and oxygen atoms in total. The monoisotopic (exact) mass is 263 g/mol. The second kappa shape index (κ2) is 6.92. The average molecular weight is 263 g/mol. The van der Waals surface area contributed by atoms with Crippen LogP contribution < -0.4 is 10.1 Å². The Bertz CT molecular complexity index is 394. The van der Waals surface area contributed by atoms with Crippen molar-refractivity contribution in [2.75, 3.05) is 7.11 Å². The Morgan fingerprint density at radius 1 is 1.37 bits per heavy atom. The van der Waals surface area contributed by atoms with Gasteiger partial charge in [-0.15, -0.1) is 0 Å². The Balaban J connectivity index is 1.88. The Kier molecular flexibility index (Phi) is 5.23. The summed E-state index contributed by atoms with van der Waals surface area (Å²) in [5.41, 5.74) is 1.24. The Morgan fingerprint density at radius 2 is 2.16 bits per heavy atom. The topological polar surface area (TPSA) is 41.5 Å². The van der Waals surface area contributed by atoms with Crippen LogP contribution in [0.15, 0.2) is 24.3 Å². The standard InChI is InChI=1S/C16H25NO2/c1-12(17-14-7-5-8-15(18)11-14)10-13-6-3-4-9-16(13)19-2/h3-4,6,9,12,14-15,17-18H,5,7-8,10-11H2,1-2H3. The summed E-state index contributed by atoms with van der Waals surface area (Å²) in [6.07, 6.45) is 4.98. The van der Waals surface area contributed by atoms with Crippen LogP contribution in [0.25, 0.3) is 0 Å². The number of para-hydroxylation sites is 1. The predicted molar refractivity (Wildman–Crippen MR) is 77.6 cm³/mol. The van der Waals surface area contributed by atoms with Crippen LogP contribution in [0, 0.1) is 0 Å². The highest BCUT2D eigenvalue weighted by atomic mass is 16.5. The van der Waals surface area contributed by atoms with E-state index in [4.69, 9.17) is 4.74 Å². The molecule has 0 aliphatic heterocycles. The molecule has 1 aromatic rings. The largest absolute Gasteiger partial charge is 0.496 e. The van der Waals surface area contributed by atoms with Gasteiger partial charge in [0.05, 0.1) is 13.2 Å². The molecule has 3 atom stereocenters. The molecule has 0 radical (unpaired) electrons. The number of hydrogen-bond acceptors (Lipinski definition) is 3. The lowest BCUT2D eigenvalue weighted by Gasteiger charge is -2.29. The third-order valence-corrected chi connectivity index (χ3v) is 3.89. The van der Waals surface area contributed by atoms with E-state index in [0.717, 1.165) is 31.4 Å². The first-order valence-electron chi connectivity index (χ1n) is 7.25. The Labute approximate surface area is 116 Å². The van der Waals surface area contributed by atoms with Gasteiger partial charge in [-0.25, -0.2) is 0 Å². The number of aliphatic hydroxyl groups is 1.